The molecule has 0 fully saturated rings. The highest BCUT2D eigenvalue weighted by atomic mass is 19.1. The monoisotopic (exact) mass is 292 g/mol. The van der Waals surface area contributed by atoms with Gasteiger partial charge in [0.25, 0.3) is 0 Å². The van der Waals surface area contributed by atoms with Crippen LogP contribution in [0.15, 0.2) is 53.2 Å². The van der Waals surface area contributed by atoms with E-state index < -0.39 is 5.82 Å². The van der Waals surface area contributed by atoms with Crippen LogP contribution in [0.5, 0.6) is 0 Å². The van der Waals surface area contributed by atoms with Crippen LogP contribution in [0.1, 0.15) is 6.92 Å². The second-order valence-corrected chi connectivity index (χ2v) is 4.25. The van der Waals surface area contributed by atoms with Crippen LogP contribution >= 0.6 is 0 Å². The standard InChI is InChI=1S/C14H18FN5O/c1-10(20(4)8-7-16-3)18-19-14-9-12(17-11(2)21)5-6-13(14)15/h5-9,16H,1H2,2-4H3,(H,17,21)/p+1/b8-7-,19-18?. The maximum absolute atomic E-state index is 13.6. The van der Waals surface area contributed by atoms with Crippen LogP contribution in [0.3, 0.4) is 0 Å². The van der Waals surface area contributed by atoms with Gasteiger partial charge < -0.3 is 15.5 Å². The summed E-state index contributed by atoms with van der Waals surface area (Å²) in [7, 11) is 3.64. The fraction of sp³-hybridized carbons (Fsp3) is 0.214. The second kappa shape index (κ2) is 7.91. The zero-order valence-corrected chi connectivity index (χ0v) is 12.3. The van der Waals surface area contributed by atoms with Crippen molar-refractivity contribution in [2.24, 2.45) is 10.2 Å². The van der Waals surface area contributed by atoms with Crippen molar-refractivity contribution in [3.63, 3.8) is 0 Å². The molecule has 21 heavy (non-hydrogen) atoms. The summed E-state index contributed by atoms with van der Waals surface area (Å²) in [6.45, 7) is 5.10. The fourth-order valence-corrected chi connectivity index (χ4v) is 1.35. The maximum Gasteiger partial charge on any atom is 0.221 e. The minimum atomic E-state index is -0.527. The number of amides is 1. The molecule has 112 valence electrons. The number of anilines is 1. The van der Waals surface area contributed by atoms with Crippen molar-refractivity contribution in [1.29, 1.82) is 0 Å². The van der Waals surface area contributed by atoms with Crippen molar-refractivity contribution in [2.45, 2.75) is 6.92 Å². The molecule has 1 aromatic rings. The van der Waals surface area contributed by atoms with Gasteiger partial charge in [0.05, 0.1) is 13.2 Å². The smallest absolute Gasteiger partial charge is 0.221 e. The molecule has 1 aromatic carbocycles. The molecule has 7 heteroatoms. The maximum atomic E-state index is 13.6. The highest BCUT2D eigenvalue weighted by molar-refractivity contribution is 5.89. The number of azo groups is 1. The Labute approximate surface area is 123 Å². The lowest BCUT2D eigenvalue weighted by Crippen LogP contribution is -2.72. The summed E-state index contributed by atoms with van der Waals surface area (Å²) >= 11 is 0. The van der Waals surface area contributed by atoms with Crippen LogP contribution in [0.4, 0.5) is 15.8 Å². The number of rotatable bonds is 6. The molecule has 0 saturated carbocycles. The topological polar surface area (TPSA) is 73.7 Å². The molecule has 1 rings (SSSR count). The van der Waals surface area contributed by atoms with Crippen molar-refractivity contribution in [1.82, 2.24) is 4.90 Å². The quantitative estimate of drug-likeness (QED) is 0.786. The summed E-state index contributed by atoms with van der Waals surface area (Å²) in [6, 6.07) is 4.08. The molecule has 1 amide bonds. The van der Waals surface area contributed by atoms with Gasteiger partial charge >= 0.3 is 0 Å². The van der Waals surface area contributed by atoms with E-state index in [0.717, 1.165) is 0 Å². The Hall–Kier alpha value is -2.54. The van der Waals surface area contributed by atoms with Crippen LogP contribution in [0, 0.1) is 5.82 Å². The van der Waals surface area contributed by atoms with Gasteiger partial charge in [0, 0.05) is 19.7 Å². The van der Waals surface area contributed by atoms with Crippen LogP contribution in [-0.4, -0.2) is 24.9 Å². The normalized spacial score (nSPS) is 11.0. The number of nitrogens with zero attached hydrogens (tertiary/aromatic N) is 3. The predicted molar refractivity (Wildman–Crippen MR) is 79.1 cm³/mol. The second-order valence-electron chi connectivity index (χ2n) is 4.25. The van der Waals surface area contributed by atoms with Crippen LogP contribution in [0.25, 0.3) is 0 Å². The van der Waals surface area contributed by atoms with Gasteiger partial charge in [0.15, 0.2) is 5.82 Å². The number of nitrogens with one attached hydrogen (secondary N) is 1. The lowest BCUT2D eigenvalue weighted by molar-refractivity contribution is -0.557. The number of carbonyl (C=O) groups excluding carboxylic acids is 1. The van der Waals surface area contributed by atoms with Gasteiger partial charge in [0.1, 0.15) is 17.7 Å². The molecule has 6 nitrogen and oxygen atoms in total. The first-order chi connectivity index (χ1) is 9.93. The third-order valence-corrected chi connectivity index (χ3v) is 2.45. The van der Waals surface area contributed by atoms with Crippen molar-refractivity contribution in [2.75, 3.05) is 19.4 Å². The van der Waals surface area contributed by atoms with E-state index >= 15 is 0 Å². The number of hydrogen-bond acceptors (Lipinski definition) is 4. The number of benzene rings is 1. The molecule has 0 bridgehead atoms. The lowest BCUT2D eigenvalue weighted by Gasteiger charge is -2.10. The van der Waals surface area contributed by atoms with Crippen molar-refractivity contribution < 1.29 is 14.5 Å². The first kappa shape index (κ1) is 16.5. The van der Waals surface area contributed by atoms with Gasteiger partial charge in [-0.2, -0.15) is 0 Å². The Morgan fingerprint density at radius 2 is 2.24 bits per heavy atom. The zero-order valence-electron chi connectivity index (χ0n) is 12.3. The summed E-state index contributed by atoms with van der Waals surface area (Å²) < 4.78 is 13.6. The van der Waals surface area contributed by atoms with E-state index in [4.69, 9.17) is 0 Å². The summed E-state index contributed by atoms with van der Waals surface area (Å²) in [5, 5.41) is 12.1. The number of hydrogen-bond donors (Lipinski definition) is 2. The number of nitrogens with two attached hydrogens (primary N) is 1. The first-order valence-electron chi connectivity index (χ1n) is 6.30. The SMILES string of the molecule is C=C(N=Nc1cc(NC(C)=O)ccc1F)N(C)/C=C\[NH2+]C. The number of carbonyl (C=O) groups is 1. The number of quaternary nitrogens is 1. The van der Waals surface area contributed by atoms with Gasteiger partial charge in [-0.1, -0.05) is 6.58 Å². The molecule has 0 aliphatic carbocycles. The first-order valence-corrected chi connectivity index (χ1v) is 6.30. The van der Waals surface area contributed by atoms with E-state index in [-0.39, 0.29) is 11.6 Å². The van der Waals surface area contributed by atoms with E-state index in [9.17, 15) is 9.18 Å². The molecular weight excluding hydrogens is 273 g/mol. The minimum Gasteiger partial charge on any atom is -0.330 e. The van der Waals surface area contributed by atoms with Gasteiger partial charge in [-0.15, -0.1) is 10.2 Å². The minimum absolute atomic E-state index is 0.0295. The van der Waals surface area contributed by atoms with Crippen molar-refractivity contribution >= 4 is 17.3 Å². The highest BCUT2D eigenvalue weighted by Crippen LogP contribution is 2.23. The average molecular weight is 292 g/mol. The van der Waals surface area contributed by atoms with Gasteiger partial charge in [-0.05, 0) is 18.2 Å². The Kier molecular flexibility index (Phi) is 6.22. The Balaban J connectivity index is 2.86. The highest BCUT2D eigenvalue weighted by Gasteiger charge is 2.04. The third-order valence-electron chi connectivity index (χ3n) is 2.45. The Bertz CT molecular complexity index is 583. The Morgan fingerprint density at radius 3 is 2.86 bits per heavy atom. The number of halogens is 1. The molecule has 0 unspecified atom stereocenters. The summed E-state index contributed by atoms with van der Waals surface area (Å²) in [5.41, 5.74) is 0.485. The van der Waals surface area contributed by atoms with Crippen LogP contribution in [-0.2, 0) is 4.79 Å². The molecule has 0 aliphatic heterocycles. The molecule has 0 heterocycles. The van der Waals surface area contributed by atoms with Crippen LogP contribution < -0.4 is 10.6 Å². The van der Waals surface area contributed by atoms with Gasteiger partial charge in [-0.25, -0.2) is 4.39 Å². The summed E-state index contributed by atoms with van der Waals surface area (Å²) in [6.07, 6.45) is 3.57. The Morgan fingerprint density at radius 1 is 1.52 bits per heavy atom. The molecular formula is C14H19FN5O+. The predicted octanol–water partition coefficient (Wildman–Crippen LogP) is 1.94. The van der Waals surface area contributed by atoms with E-state index in [1.54, 1.807) is 18.1 Å². The van der Waals surface area contributed by atoms with Crippen molar-refractivity contribution in [3.8, 4) is 0 Å². The molecule has 0 radical (unpaired) electrons. The van der Waals surface area contributed by atoms with Crippen molar-refractivity contribution in [3.05, 3.63) is 48.8 Å². The van der Waals surface area contributed by atoms with E-state index in [0.29, 0.717) is 11.5 Å². The van der Waals surface area contributed by atoms with E-state index in [2.05, 4.69) is 22.1 Å². The van der Waals surface area contributed by atoms with Crippen LogP contribution in [0.2, 0.25) is 0 Å². The average Bonchev–Trinajstić information content (AvgIpc) is 2.44. The lowest BCUT2D eigenvalue weighted by atomic mass is 10.2. The van der Waals surface area contributed by atoms with Gasteiger partial charge in [-0.3, -0.25) is 4.79 Å². The molecule has 0 saturated heterocycles. The molecule has 0 aliphatic rings. The largest absolute Gasteiger partial charge is 0.330 e. The van der Waals surface area contributed by atoms with E-state index in [1.165, 1.54) is 25.1 Å². The molecule has 3 N–H and O–H groups in total. The molecule has 0 atom stereocenters. The third kappa shape index (κ3) is 5.53. The fourth-order valence-electron chi connectivity index (χ4n) is 1.35. The summed E-state index contributed by atoms with van der Waals surface area (Å²) in [4.78, 5) is 12.6. The molecule has 0 aromatic heterocycles. The zero-order chi connectivity index (χ0) is 15.8. The summed E-state index contributed by atoms with van der Waals surface area (Å²) in [5.74, 6) is -0.409. The van der Waals surface area contributed by atoms with Gasteiger partial charge in [0.2, 0.25) is 5.91 Å². The molecule has 0 spiro atoms. The van der Waals surface area contributed by atoms with E-state index in [1.807, 2.05) is 18.6 Å².